The lowest BCUT2D eigenvalue weighted by Gasteiger charge is -2.31. The first-order valence-electron chi connectivity index (χ1n) is 7.56. The summed E-state index contributed by atoms with van der Waals surface area (Å²) >= 11 is 6.24. The van der Waals surface area contributed by atoms with E-state index in [0.29, 0.717) is 23.6 Å². The Bertz CT molecular complexity index is 685. The van der Waals surface area contributed by atoms with Gasteiger partial charge < -0.3 is 10.4 Å². The number of halogens is 1. The van der Waals surface area contributed by atoms with Crippen LogP contribution in [0.25, 0.3) is 0 Å². The number of rotatable bonds is 1. The molecule has 0 aromatic heterocycles. The van der Waals surface area contributed by atoms with Crippen LogP contribution in [0, 0.1) is 5.92 Å². The summed E-state index contributed by atoms with van der Waals surface area (Å²) in [5, 5.41) is 14.3. The highest BCUT2D eigenvalue weighted by molar-refractivity contribution is 6.30. The Labute approximate surface area is 129 Å². The Morgan fingerprint density at radius 2 is 2.00 bits per heavy atom. The minimum absolute atomic E-state index is 0.323. The lowest BCUT2D eigenvalue weighted by atomic mass is 9.80. The predicted octanol–water partition coefficient (Wildman–Crippen LogP) is 4.23. The molecule has 0 radical (unpaired) electrons. The number of hydrogen-bond donors (Lipinski definition) is 2. The zero-order valence-electron chi connectivity index (χ0n) is 11.7. The molecule has 4 rings (SSSR count). The lowest BCUT2D eigenvalue weighted by Crippen LogP contribution is -2.32. The molecule has 0 bridgehead atoms. The van der Waals surface area contributed by atoms with Crippen LogP contribution in [-0.2, 0) is 0 Å². The summed E-state index contributed by atoms with van der Waals surface area (Å²) in [7, 11) is 0. The van der Waals surface area contributed by atoms with E-state index < -0.39 is 0 Å². The zero-order valence-corrected chi connectivity index (χ0v) is 12.5. The Balaban J connectivity index is 1.87. The number of phenols is 1. The Morgan fingerprint density at radius 3 is 2.86 bits per heavy atom. The Kier molecular flexibility index (Phi) is 3.16. The molecular weight excluding hydrogens is 282 g/mol. The van der Waals surface area contributed by atoms with E-state index in [1.165, 1.54) is 29.5 Å². The van der Waals surface area contributed by atoms with Crippen molar-refractivity contribution in [3.05, 3.63) is 64.2 Å². The van der Waals surface area contributed by atoms with Gasteiger partial charge in [-0.15, -0.1) is 0 Å². The summed E-state index contributed by atoms with van der Waals surface area (Å²) in [6, 6.07) is 14.3. The highest BCUT2D eigenvalue weighted by atomic mass is 35.5. The van der Waals surface area contributed by atoms with Crippen molar-refractivity contribution in [2.75, 3.05) is 6.54 Å². The average molecular weight is 300 g/mol. The van der Waals surface area contributed by atoms with Gasteiger partial charge in [-0.25, -0.2) is 0 Å². The molecule has 2 aromatic carbocycles. The van der Waals surface area contributed by atoms with E-state index >= 15 is 0 Å². The molecule has 3 atom stereocenters. The summed E-state index contributed by atoms with van der Waals surface area (Å²) in [6.07, 6.45) is 2.42. The number of piperidine rings is 1. The van der Waals surface area contributed by atoms with E-state index in [-0.39, 0.29) is 0 Å². The van der Waals surface area contributed by atoms with Crippen LogP contribution in [0.4, 0.5) is 0 Å². The minimum atomic E-state index is 0.323. The van der Waals surface area contributed by atoms with Crippen molar-refractivity contribution in [3.8, 4) is 5.75 Å². The van der Waals surface area contributed by atoms with Gasteiger partial charge in [0, 0.05) is 17.0 Å². The molecule has 0 spiro atoms. The van der Waals surface area contributed by atoms with Gasteiger partial charge in [0.05, 0.1) is 0 Å². The van der Waals surface area contributed by atoms with E-state index in [0.717, 1.165) is 11.6 Å². The van der Waals surface area contributed by atoms with Crippen LogP contribution in [0.5, 0.6) is 5.75 Å². The zero-order chi connectivity index (χ0) is 14.4. The minimum Gasteiger partial charge on any atom is -0.508 e. The molecule has 1 aliphatic heterocycles. The maximum atomic E-state index is 9.83. The normalized spacial score (nSPS) is 27.2. The topological polar surface area (TPSA) is 32.3 Å². The van der Waals surface area contributed by atoms with Gasteiger partial charge in [-0.3, -0.25) is 0 Å². The van der Waals surface area contributed by atoms with Gasteiger partial charge in [0.1, 0.15) is 5.75 Å². The molecule has 108 valence electrons. The van der Waals surface area contributed by atoms with Crippen LogP contribution >= 0.6 is 11.6 Å². The van der Waals surface area contributed by atoms with E-state index in [2.05, 4.69) is 23.5 Å². The van der Waals surface area contributed by atoms with Crippen LogP contribution in [-0.4, -0.2) is 11.7 Å². The second kappa shape index (κ2) is 5.04. The lowest BCUT2D eigenvalue weighted by molar-refractivity contribution is 0.286. The molecule has 1 aliphatic carbocycles. The van der Waals surface area contributed by atoms with Crippen LogP contribution < -0.4 is 5.32 Å². The third kappa shape index (κ3) is 2.14. The van der Waals surface area contributed by atoms with E-state index in [1.807, 2.05) is 18.2 Å². The SMILES string of the molecule is Oc1cccc(C2c3cc(Cl)ccc3C3NCCCC32)c1. The summed E-state index contributed by atoms with van der Waals surface area (Å²) in [5.41, 5.74) is 3.88. The van der Waals surface area contributed by atoms with Gasteiger partial charge in [-0.1, -0.05) is 29.8 Å². The van der Waals surface area contributed by atoms with Crippen molar-refractivity contribution in [1.82, 2.24) is 5.32 Å². The smallest absolute Gasteiger partial charge is 0.115 e. The predicted molar refractivity (Wildman–Crippen MR) is 84.9 cm³/mol. The maximum absolute atomic E-state index is 9.83. The number of aromatic hydroxyl groups is 1. The second-order valence-electron chi connectivity index (χ2n) is 6.08. The van der Waals surface area contributed by atoms with Gasteiger partial charge in [0.25, 0.3) is 0 Å². The summed E-state index contributed by atoms with van der Waals surface area (Å²) in [6.45, 7) is 1.08. The molecule has 1 fully saturated rings. The molecule has 3 unspecified atom stereocenters. The number of fused-ring (bicyclic) bond motifs is 3. The molecule has 0 amide bonds. The van der Waals surface area contributed by atoms with Crippen molar-refractivity contribution in [1.29, 1.82) is 0 Å². The summed E-state index contributed by atoms with van der Waals surface area (Å²) < 4.78 is 0. The van der Waals surface area contributed by atoms with Gasteiger partial charge >= 0.3 is 0 Å². The van der Waals surface area contributed by atoms with Gasteiger partial charge in [-0.2, -0.15) is 0 Å². The molecule has 21 heavy (non-hydrogen) atoms. The van der Waals surface area contributed by atoms with Gasteiger partial charge in [0.15, 0.2) is 0 Å². The standard InChI is InChI=1S/C18H18ClNO/c19-12-6-7-14-16(10-12)17(11-3-1-4-13(21)9-11)15-5-2-8-20-18(14)15/h1,3-4,6-7,9-10,15,17-18,20-21H,2,5,8H2. The quantitative estimate of drug-likeness (QED) is 0.826. The fourth-order valence-corrected chi connectivity index (χ4v) is 4.27. The van der Waals surface area contributed by atoms with Crippen molar-refractivity contribution in [3.63, 3.8) is 0 Å². The monoisotopic (exact) mass is 299 g/mol. The van der Waals surface area contributed by atoms with Crippen LogP contribution in [0.1, 0.15) is 41.5 Å². The van der Waals surface area contributed by atoms with Crippen molar-refractivity contribution >= 4 is 11.6 Å². The second-order valence-corrected chi connectivity index (χ2v) is 6.52. The third-order valence-electron chi connectivity index (χ3n) is 4.88. The molecule has 1 heterocycles. The molecule has 0 saturated carbocycles. The highest BCUT2D eigenvalue weighted by Gasteiger charge is 2.42. The number of hydrogen-bond acceptors (Lipinski definition) is 2. The van der Waals surface area contributed by atoms with E-state index in [4.69, 9.17) is 11.6 Å². The van der Waals surface area contributed by atoms with Gasteiger partial charge in [-0.05, 0) is 66.3 Å². The highest BCUT2D eigenvalue weighted by Crippen LogP contribution is 2.52. The molecule has 2 aliphatic rings. The van der Waals surface area contributed by atoms with Crippen LogP contribution in [0.2, 0.25) is 5.02 Å². The molecule has 2 aromatic rings. The van der Waals surface area contributed by atoms with Crippen molar-refractivity contribution < 1.29 is 5.11 Å². The Morgan fingerprint density at radius 1 is 1.10 bits per heavy atom. The molecular formula is C18H18ClNO. The molecule has 2 nitrogen and oxygen atoms in total. The first-order valence-corrected chi connectivity index (χ1v) is 7.93. The summed E-state index contributed by atoms with van der Waals surface area (Å²) in [4.78, 5) is 0. The fourth-order valence-electron chi connectivity index (χ4n) is 4.09. The van der Waals surface area contributed by atoms with Crippen LogP contribution in [0.15, 0.2) is 42.5 Å². The summed E-state index contributed by atoms with van der Waals surface area (Å²) in [5.74, 6) is 1.21. The first-order chi connectivity index (χ1) is 10.2. The van der Waals surface area contributed by atoms with Gasteiger partial charge in [0.2, 0.25) is 0 Å². The molecule has 2 N–H and O–H groups in total. The van der Waals surface area contributed by atoms with Crippen molar-refractivity contribution in [2.24, 2.45) is 5.92 Å². The largest absolute Gasteiger partial charge is 0.508 e. The van der Waals surface area contributed by atoms with E-state index in [9.17, 15) is 5.11 Å². The first kappa shape index (κ1) is 13.2. The third-order valence-corrected chi connectivity index (χ3v) is 5.12. The molecule has 3 heteroatoms. The average Bonchev–Trinajstić information content (AvgIpc) is 2.80. The fraction of sp³-hybridized carbons (Fsp3) is 0.333. The van der Waals surface area contributed by atoms with E-state index in [1.54, 1.807) is 6.07 Å². The van der Waals surface area contributed by atoms with Crippen molar-refractivity contribution in [2.45, 2.75) is 24.8 Å². The number of phenolic OH excluding ortho intramolecular Hbond substituents is 1. The molecule has 1 saturated heterocycles. The maximum Gasteiger partial charge on any atom is 0.115 e. The number of benzene rings is 2. The van der Waals surface area contributed by atoms with Crippen LogP contribution in [0.3, 0.4) is 0 Å². The Hall–Kier alpha value is -1.51. The number of nitrogens with one attached hydrogen (secondary N) is 1.